The minimum atomic E-state index is -0.510. The van der Waals surface area contributed by atoms with Gasteiger partial charge in [0.05, 0.1) is 12.2 Å². The van der Waals surface area contributed by atoms with Gasteiger partial charge in [-0.25, -0.2) is 9.48 Å². The van der Waals surface area contributed by atoms with E-state index >= 15 is 0 Å². The molecule has 1 aliphatic heterocycles. The summed E-state index contributed by atoms with van der Waals surface area (Å²) in [6.45, 7) is 6.71. The molecule has 2 amide bonds. The molecular weight excluding hydrogens is 286 g/mol. The lowest BCUT2D eigenvalue weighted by Crippen LogP contribution is -2.43. The molecule has 1 N–H and O–H groups in total. The van der Waals surface area contributed by atoms with Crippen molar-refractivity contribution in [1.82, 2.24) is 25.2 Å². The second-order valence-electron chi connectivity index (χ2n) is 6.39. The standard InChI is InChI=1S/C14H23N5O3/c1-14(2,3)22-13(21)18-7-5-6-10(8-18)19-9-11(16-17-19)12(20)15-4/h9-10H,5-8H2,1-4H3,(H,15,20)/t10-/m1/s1. The molecule has 1 saturated heterocycles. The first-order valence-corrected chi connectivity index (χ1v) is 7.42. The van der Waals surface area contributed by atoms with Gasteiger partial charge >= 0.3 is 6.09 Å². The lowest BCUT2D eigenvalue weighted by Gasteiger charge is -2.33. The molecule has 1 atom stereocenters. The summed E-state index contributed by atoms with van der Waals surface area (Å²) in [6, 6.07) is 0.00664. The molecule has 122 valence electrons. The number of nitrogens with zero attached hydrogens (tertiary/aromatic N) is 4. The number of nitrogens with one attached hydrogen (secondary N) is 1. The molecule has 1 fully saturated rings. The van der Waals surface area contributed by atoms with Crippen LogP contribution in [0, 0.1) is 0 Å². The number of hydrogen-bond donors (Lipinski definition) is 1. The monoisotopic (exact) mass is 309 g/mol. The van der Waals surface area contributed by atoms with E-state index in [1.807, 2.05) is 20.8 Å². The number of carbonyl (C=O) groups excluding carboxylic acids is 2. The summed E-state index contributed by atoms with van der Waals surface area (Å²) in [5.41, 5.74) is -0.235. The van der Waals surface area contributed by atoms with Crippen molar-refractivity contribution in [2.24, 2.45) is 0 Å². The Morgan fingerprint density at radius 2 is 2.14 bits per heavy atom. The molecule has 0 saturated carbocycles. The summed E-state index contributed by atoms with van der Waals surface area (Å²) in [6.07, 6.45) is 3.04. The average molecular weight is 309 g/mol. The van der Waals surface area contributed by atoms with Gasteiger partial charge in [-0.15, -0.1) is 5.10 Å². The molecule has 8 heteroatoms. The van der Waals surface area contributed by atoms with Crippen LogP contribution in [0.1, 0.15) is 50.1 Å². The molecule has 0 aromatic carbocycles. The van der Waals surface area contributed by atoms with Crippen LogP contribution in [0.4, 0.5) is 4.79 Å². The highest BCUT2D eigenvalue weighted by atomic mass is 16.6. The highest BCUT2D eigenvalue weighted by Crippen LogP contribution is 2.22. The van der Waals surface area contributed by atoms with Crippen molar-refractivity contribution < 1.29 is 14.3 Å². The number of carbonyl (C=O) groups is 2. The Labute approximate surface area is 129 Å². The Morgan fingerprint density at radius 1 is 1.41 bits per heavy atom. The van der Waals surface area contributed by atoms with Crippen LogP contribution in [-0.2, 0) is 4.74 Å². The molecule has 8 nitrogen and oxygen atoms in total. The van der Waals surface area contributed by atoms with E-state index in [9.17, 15) is 9.59 Å². The van der Waals surface area contributed by atoms with Gasteiger partial charge in [0.2, 0.25) is 0 Å². The summed E-state index contributed by atoms with van der Waals surface area (Å²) in [7, 11) is 1.55. The van der Waals surface area contributed by atoms with Crippen LogP contribution >= 0.6 is 0 Å². The maximum absolute atomic E-state index is 12.1. The third-order valence-electron chi connectivity index (χ3n) is 3.39. The first-order chi connectivity index (χ1) is 10.3. The Morgan fingerprint density at radius 3 is 2.77 bits per heavy atom. The van der Waals surface area contributed by atoms with Crippen molar-refractivity contribution in [1.29, 1.82) is 0 Å². The van der Waals surface area contributed by atoms with Gasteiger partial charge in [-0.2, -0.15) is 0 Å². The quantitative estimate of drug-likeness (QED) is 0.887. The maximum atomic E-state index is 12.1. The molecule has 2 rings (SSSR count). The lowest BCUT2D eigenvalue weighted by molar-refractivity contribution is 0.0166. The number of hydrogen-bond acceptors (Lipinski definition) is 5. The largest absolute Gasteiger partial charge is 0.444 e. The van der Waals surface area contributed by atoms with E-state index in [-0.39, 0.29) is 23.7 Å². The molecule has 1 aromatic heterocycles. The Kier molecular flexibility index (Phi) is 4.68. The Hall–Kier alpha value is -2.12. The van der Waals surface area contributed by atoms with Crippen molar-refractivity contribution in [2.75, 3.05) is 20.1 Å². The van der Waals surface area contributed by atoms with Crippen LogP contribution in [0.2, 0.25) is 0 Å². The van der Waals surface area contributed by atoms with E-state index in [1.54, 1.807) is 22.8 Å². The highest BCUT2D eigenvalue weighted by Gasteiger charge is 2.29. The smallest absolute Gasteiger partial charge is 0.410 e. The average Bonchev–Trinajstić information content (AvgIpc) is 2.94. The van der Waals surface area contributed by atoms with Crippen LogP contribution in [0.25, 0.3) is 0 Å². The minimum absolute atomic E-state index is 0.00664. The van der Waals surface area contributed by atoms with Crippen molar-refractivity contribution in [3.63, 3.8) is 0 Å². The summed E-state index contributed by atoms with van der Waals surface area (Å²) >= 11 is 0. The Balaban J connectivity index is 2.03. The van der Waals surface area contributed by atoms with E-state index in [0.717, 1.165) is 12.8 Å². The second kappa shape index (κ2) is 6.33. The zero-order valence-corrected chi connectivity index (χ0v) is 13.5. The van der Waals surface area contributed by atoms with Crippen LogP contribution in [0.5, 0.6) is 0 Å². The number of aromatic nitrogens is 3. The minimum Gasteiger partial charge on any atom is -0.444 e. The van der Waals surface area contributed by atoms with Gasteiger partial charge < -0.3 is 15.0 Å². The van der Waals surface area contributed by atoms with Crippen LogP contribution < -0.4 is 5.32 Å². The van der Waals surface area contributed by atoms with Crippen molar-refractivity contribution in [2.45, 2.75) is 45.3 Å². The second-order valence-corrected chi connectivity index (χ2v) is 6.39. The van der Waals surface area contributed by atoms with Crippen molar-refractivity contribution in [3.8, 4) is 0 Å². The molecule has 0 unspecified atom stereocenters. The van der Waals surface area contributed by atoms with Gasteiger partial charge in [-0.3, -0.25) is 4.79 Å². The first kappa shape index (κ1) is 16.3. The van der Waals surface area contributed by atoms with Gasteiger partial charge in [0.25, 0.3) is 5.91 Å². The van der Waals surface area contributed by atoms with Crippen molar-refractivity contribution >= 4 is 12.0 Å². The molecule has 0 radical (unpaired) electrons. The first-order valence-electron chi connectivity index (χ1n) is 7.42. The maximum Gasteiger partial charge on any atom is 0.410 e. The molecule has 0 aliphatic carbocycles. The number of rotatable bonds is 2. The van der Waals surface area contributed by atoms with Crippen LogP contribution in [-0.4, -0.2) is 57.6 Å². The summed E-state index contributed by atoms with van der Waals surface area (Å²) in [4.78, 5) is 25.4. The van der Waals surface area contributed by atoms with E-state index in [4.69, 9.17) is 4.74 Å². The van der Waals surface area contributed by atoms with E-state index in [1.165, 1.54) is 0 Å². The zero-order valence-electron chi connectivity index (χ0n) is 13.5. The van der Waals surface area contributed by atoms with E-state index in [2.05, 4.69) is 15.6 Å². The number of likely N-dealkylation sites (tertiary alicyclic amines) is 1. The summed E-state index contributed by atoms with van der Waals surface area (Å²) in [5.74, 6) is -0.272. The topological polar surface area (TPSA) is 89.4 Å². The SMILES string of the molecule is CNC(=O)c1cn([C@@H]2CCCN(C(=O)OC(C)(C)C)C2)nn1. The summed E-state index contributed by atoms with van der Waals surface area (Å²) in [5, 5.41) is 10.4. The molecule has 2 heterocycles. The number of piperidine rings is 1. The van der Waals surface area contributed by atoms with Gasteiger partial charge in [0.1, 0.15) is 5.60 Å². The molecule has 1 aliphatic rings. The van der Waals surface area contributed by atoms with Gasteiger partial charge in [0, 0.05) is 20.1 Å². The van der Waals surface area contributed by atoms with Gasteiger partial charge in [0.15, 0.2) is 5.69 Å². The van der Waals surface area contributed by atoms with Crippen LogP contribution in [0.3, 0.4) is 0 Å². The van der Waals surface area contributed by atoms with Gasteiger partial charge in [-0.1, -0.05) is 5.21 Å². The lowest BCUT2D eigenvalue weighted by atomic mass is 10.1. The van der Waals surface area contributed by atoms with E-state index < -0.39 is 5.60 Å². The van der Waals surface area contributed by atoms with Crippen LogP contribution in [0.15, 0.2) is 6.20 Å². The fraction of sp³-hybridized carbons (Fsp3) is 0.714. The molecular formula is C14H23N5O3. The zero-order chi connectivity index (χ0) is 16.3. The number of amides is 2. The predicted octanol–water partition coefficient (Wildman–Crippen LogP) is 1.21. The normalized spacial score (nSPS) is 18.9. The molecule has 1 aromatic rings. The van der Waals surface area contributed by atoms with E-state index in [0.29, 0.717) is 13.1 Å². The fourth-order valence-corrected chi connectivity index (χ4v) is 2.35. The third kappa shape index (κ3) is 3.96. The third-order valence-corrected chi connectivity index (χ3v) is 3.39. The Bertz CT molecular complexity index is 549. The molecule has 0 bridgehead atoms. The fourth-order valence-electron chi connectivity index (χ4n) is 2.35. The van der Waals surface area contributed by atoms with Gasteiger partial charge in [-0.05, 0) is 33.6 Å². The highest BCUT2D eigenvalue weighted by molar-refractivity contribution is 5.91. The summed E-state index contributed by atoms with van der Waals surface area (Å²) < 4.78 is 7.05. The van der Waals surface area contributed by atoms with Crippen molar-refractivity contribution in [3.05, 3.63) is 11.9 Å². The predicted molar refractivity (Wildman–Crippen MR) is 79.5 cm³/mol. The molecule has 22 heavy (non-hydrogen) atoms. The number of ether oxygens (including phenoxy) is 1. The molecule has 0 spiro atoms.